The lowest BCUT2D eigenvalue weighted by molar-refractivity contribution is 0.474. The summed E-state index contributed by atoms with van der Waals surface area (Å²) < 4.78 is 1.99. The van der Waals surface area contributed by atoms with Gasteiger partial charge in [0.1, 0.15) is 17.1 Å². The maximum Gasteiger partial charge on any atom is 0.131 e. The van der Waals surface area contributed by atoms with E-state index in [2.05, 4.69) is 4.98 Å². The van der Waals surface area contributed by atoms with Crippen molar-refractivity contribution in [1.82, 2.24) is 9.55 Å². The molecule has 94 valence electrons. The molecule has 0 radical (unpaired) electrons. The first-order chi connectivity index (χ1) is 8.75. The van der Waals surface area contributed by atoms with Crippen LogP contribution < -0.4 is 0 Å². The van der Waals surface area contributed by atoms with Gasteiger partial charge in [0.05, 0.1) is 11.0 Å². The topological polar surface area (TPSA) is 38.0 Å². The van der Waals surface area contributed by atoms with Gasteiger partial charge in [-0.1, -0.05) is 26.0 Å². The van der Waals surface area contributed by atoms with Crippen LogP contribution in [0.4, 0.5) is 0 Å². The number of thiophene rings is 1. The Balaban J connectivity index is 0.000000574. The van der Waals surface area contributed by atoms with Crippen LogP contribution in [0.2, 0.25) is 0 Å². The molecule has 2 aromatic heterocycles. The van der Waals surface area contributed by atoms with Gasteiger partial charge in [-0.15, -0.1) is 11.3 Å². The summed E-state index contributed by atoms with van der Waals surface area (Å²) in [6, 6.07) is 9.73. The van der Waals surface area contributed by atoms with E-state index in [9.17, 15) is 5.11 Å². The third-order valence-electron chi connectivity index (χ3n) is 2.57. The normalized spacial score (nSPS) is 10.2. The number of hydrogen-bond donors (Lipinski definition) is 1. The Morgan fingerprint density at radius 1 is 1.22 bits per heavy atom. The van der Waals surface area contributed by atoms with Gasteiger partial charge in [-0.3, -0.25) is 4.57 Å². The zero-order valence-electron chi connectivity index (χ0n) is 10.7. The fraction of sp³-hybridized carbons (Fsp3) is 0.214. The number of aromatic hydroxyl groups is 1. The largest absolute Gasteiger partial charge is 0.507 e. The number of para-hydroxylation sites is 2. The summed E-state index contributed by atoms with van der Waals surface area (Å²) in [6.45, 7) is 5.91. The predicted molar refractivity (Wildman–Crippen MR) is 76.7 cm³/mol. The van der Waals surface area contributed by atoms with Crippen LogP contribution in [0.5, 0.6) is 5.75 Å². The van der Waals surface area contributed by atoms with Crippen LogP contribution in [0.3, 0.4) is 0 Å². The monoisotopic (exact) mass is 260 g/mol. The number of aryl methyl sites for hydroxylation is 1. The van der Waals surface area contributed by atoms with Crippen molar-refractivity contribution in [2.24, 2.45) is 0 Å². The molecule has 4 heteroatoms. The second-order valence-electron chi connectivity index (χ2n) is 3.63. The highest BCUT2D eigenvalue weighted by molar-refractivity contribution is 7.14. The average molecular weight is 260 g/mol. The first-order valence-corrected chi connectivity index (χ1v) is 6.79. The summed E-state index contributed by atoms with van der Waals surface area (Å²) in [5, 5.41) is 10.6. The van der Waals surface area contributed by atoms with Crippen molar-refractivity contribution < 1.29 is 5.11 Å². The zero-order valence-corrected chi connectivity index (χ0v) is 11.5. The molecule has 3 aromatic rings. The predicted octanol–water partition coefficient (Wildman–Crippen LogP) is 4.13. The van der Waals surface area contributed by atoms with Crippen molar-refractivity contribution in [3.63, 3.8) is 0 Å². The minimum atomic E-state index is 0.345. The lowest BCUT2D eigenvalue weighted by Crippen LogP contribution is -1.86. The van der Waals surface area contributed by atoms with Gasteiger partial charge < -0.3 is 5.11 Å². The van der Waals surface area contributed by atoms with E-state index < -0.39 is 0 Å². The van der Waals surface area contributed by atoms with E-state index in [0.29, 0.717) is 5.75 Å². The Labute approximate surface area is 110 Å². The molecule has 2 heterocycles. The fourth-order valence-electron chi connectivity index (χ4n) is 1.71. The Kier molecular flexibility index (Phi) is 3.67. The molecule has 0 atom stereocenters. The Hall–Kier alpha value is -1.81. The van der Waals surface area contributed by atoms with Gasteiger partial charge in [-0.05, 0) is 19.1 Å². The summed E-state index contributed by atoms with van der Waals surface area (Å²) in [6.07, 6.45) is 1.79. The molecule has 0 bridgehead atoms. The zero-order chi connectivity index (χ0) is 13.1. The third-order valence-corrected chi connectivity index (χ3v) is 3.61. The van der Waals surface area contributed by atoms with Gasteiger partial charge in [0.2, 0.25) is 0 Å². The van der Waals surface area contributed by atoms with E-state index in [1.807, 2.05) is 49.6 Å². The van der Waals surface area contributed by atoms with Gasteiger partial charge in [-0.25, -0.2) is 4.98 Å². The molecular formula is C14H16N2OS. The maximum atomic E-state index is 9.59. The summed E-state index contributed by atoms with van der Waals surface area (Å²) in [5.41, 5.74) is 2.02. The molecule has 3 rings (SSSR count). The standard InChI is InChI=1S/C12H10N2OS.C2H6/c1-8-11(15)6-12(16-8)14-7-13-9-4-2-3-5-10(9)14;1-2/h2-7,15H,1H3;1-2H3. The Morgan fingerprint density at radius 3 is 2.61 bits per heavy atom. The highest BCUT2D eigenvalue weighted by Gasteiger charge is 2.08. The summed E-state index contributed by atoms with van der Waals surface area (Å²) in [4.78, 5) is 5.25. The SMILES string of the molecule is CC.Cc1sc(-n2cnc3ccccc32)cc1O. The highest BCUT2D eigenvalue weighted by Crippen LogP contribution is 2.31. The molecule has 0 aliphatic heterocycles. The molecule has 1 aromatic carbocycles. The van der Waals surface area contributed by atoms with Crippen molar-refractivity contribution in [2.45, 2.75) is 20.8 Å². The third kappa shape index (κ3) is 2.11. The molecule has 3 nitrogen and oxygen atoms in total. The van der Waals surface area contributed by atoms with Crippen LogP contribution in [-0.2, 0) is 0 Å². The second-order valence-corrected chi connectivity index (χ2v) is 4.86. The minimum Gasteiger partial charge on any atom is -0.507 e. The molecule has 0 saturated carbocycles. The van der Waals surface area contributed by atoms with E-state index >= 15 is 0 Å². The van der Waals surface area contributed by atoms with E-state index in [1.165, 1.54) is 0 Å². The van der Waals surface area contributed by atoms with Crippen LogP contribution in [-0.4, -0.2) is 14.7 Å². The van der Waals surface area contributed by atoms with E-state index in [1.54, 1.807) is 23.7 Å². The number of imidazole rings is 1. The highest BCUT2D eigenvalue weighted by atomic mass is 32.1. The number of hydrogen-bond acceptors (Lipinski definition) is 3. The van der Waals surface area contributed by atoms with Crippen molar-refractivity contribution >= 4 is 22.4 Å². The van der Waals surface area contributed by atoms with Crippen LogP contribution in [0.25, 0.3) is 16.0 Å². The molecule has 0 saturated heterocycles. The second kappa shape index (κ2) is 5.23. The molecule has 1 N–H and O–H groups in total. The Morgan fingerprint density at radius 2 is 1.94 bits per heavy atom. The number of benzene rings is 1. The summed E-state index contributed by atoms with van der Waals surface area (Å²) in [7, 11) is 0. The molecule has 0 fully saturated rings. The fourth-order valence-corrected chi connectivity index (χ4v) is 2.60. The Bertz CT molecular complexity index is 635. The van der Waals surface area contributed by atoms with Crippen molar-refractivity contribution in [3.05, 3.63) is 41.5 Å². The number of fused-ring (bicyclic) bond motifs is 1. The number of aromatic nitrogens is 2. The molecule has 0 amide bonds. The van der Waals surface area contributed by atoms with E-state index in [4.69, 9.17) is 0 Å². The first kappa shape index (κ1) is 12.6. The molecule has 0 spiro atoms. The number of nitrogens with zero attached hydrogens (tertiary/aromatic N) is 2. The smallest absolute Gasteiger partial charge is 0.131 e. The molecule has 0 unspecified atom stereocenters. The first-order valence-electron chi connectivity index (χ1n) is 5.97. The average Bonchev–Trinajstić information content (AvgIpc) is 2.96. The molecule has 0 aliphatic carbocycles. The minimum absolute atomic E-state index is 0.345. The lowest BCUT2D eigenvalue weighted by atomic mass is 10.3. The molecule has 18 heavy (non-hydrogen) atoms. The molecular weight excluding hydrogens is 244 g/mol. The van der Waals surface area contributed by atoms with Crippen LogP contribution in [0, 0.1) is 6.92 Å². The van der Waals surface area contributed by atoms with E-state index in [-0.39, 0.29) is 0 Å². The van der Waals surface area contributed by atoms with Crippen LogP contribution in [0.1, 0.15) is 18.7 Å². The van der Waals surface area contributed by atoms with Gasteiger partial charge >= 0.3 is 0 Å². The van der Waals surface area contributed by atoms with Crippen molar-refractivity contribution in [2.75, 3.05) is 0 Å². The van der Waals surface area contributed by atoms with Crippen molar-refractivity contribution in [1.29, 1.82) is 0 Å². The van der Waals surface area contributed by atoms with Gasteiger partial charge in [0.25, 0.3) is 0 Å². The number of rotatable bonds is 1. The molecule has 0 aliphatic rings. The van der Waals surface area contributed by atoms with Gasteiger partial charge in [0.15, 0.2) is 0 Å². The van der Waals surface area contributed by atoms with Crippen molar-refractivity contribution in [3.8, 4) is 10.8 Å². The van der Waals surface area contributed by atoms with E-state index in [0.717, 1.165) is 20.9 Å². The summed E-state index contributed by atoms with van der Waals surface area (Å²) in [5.74, 6) is 0.345. The lowest BCUT2D eigenvalue weighted by Gasteiger charge is -1.98. The quantitative estimate of drug-likeness (QED) is 0.714. The van der Waals surface area contributed by atoms with Crippen LogP contribution in [0.15, 0.2) is 36.7 Å². The van der Waals surface area contributed by atoms with Crippen LogP contribution >= 0.6 is 11.3 Å². The summed E-state index contributed by atoms with van der Waals surface area (Å²) >= 11 is 1.56. The maximum absolute atomic E-state index is 9.59. The van der Waals surface area contributed by atoms with Gasteiger partial charge in [0, 0.05) is 10.9 Å². The van der Waals surface area contributed by atoms with Gasteiger partial charge in [-0.2, -0.15) is 0 Å².